The summed E-state index contributed by atoms with van der Waals surface area (Å²) in [5, 5.41) is 9.70. The van der Waals surface area contributed by atoms with Crippen molar-refractivity contribution < 1.29 is 9.90 Å². The molecule has 0 radical (unpaired) electrons. The van der Waals surface area contributed by atoms with E-state index in [0.29, 0.717) is 6.54 Å². The van der Waals surface area contributed by atoms with E-state index in [4.69, 9.17) is 0 Å². The van der Waals surface area contributed by atoms with Crippen molar-refractivity contribution in [1.29, 1.82) is 0 Å². The zero-order chi connectivity index (χ0) is 14.1. The molecule has 0 aromatic heterocycles. The Bertz CT molecular complexity index is 637. The number of nitrogens with zero attached hydrogens (tertiary/aromatic N) is 1. The molecule has 2 aromatic rings. The molecule has 1 N–H and O–H groups in total. The second-order valence-corrected chi connectivity index (χ2v) is 5.20. The van der Waals surface area contributed by atoms with E-state index >= 15 is 0 Å². The molecule has 1 heterocycles. The third kappa shape index (κ3) is 2.10. The largest absolute Gasteiger partial charge is 0.394 e. The summed E-state index contributed by atoms with van der Waals surface area (Å²) in [4.78, 5) is 14.2. The second kappa shape index (κ2) is 5.10. The molecule has 1 amide bonds. The van der Waals surface area contributed by atoms with Crippen molar-refractivity contribution in [2.75, 3.05) is 6.61 Å². The molecule has 0 spiro atoms. The molecule has 3 nitrogen and oxygen atoms in total. The van der Waals surface area contributed by atoms with Crippen LogP contribution in [0.2, 0.25) is 0 Å². The molecule has 3 heteroatoms. The first-order chi connectivity index (χ1) is 9.70. The molecule has 102 valence electrons. The first kappa shape index (κ1) is 12.9. The number of fused-ring (bicyclic) bond motifs is 1. The Morgan fingerprint density at radius 2 is 1.95 bits per heavy atom. The smallest absolute Gasteiger partial charge is 0.255 e. The lowest BCUT2D eigenvalue weighted by Gasteiger charge is -2.26. The van der Waals surface area contributed by atoms with Crippen LogP contribution in [0.15, 0.2) is 48.5 Å². The molecule has 1 atom stereocenters. The van der Waals surface area contributed by atoms with Crippen LogP contribution in [0.25, 0.3) is 0 Å². The zero-order valence-corrected chi connectivity index (χ0v) is 11.4. The summed E-state index contributed by atoms with van der Waals surface area (Å²) in [6.45, 7) is 2.52. The van der Waals surface area contributed by atoms with Crippen LogP contribution in [0.3, 0.4) is 0 Å². The van der Waals surface area contributed by atoms with Gasteiger partial charge in [0.2, 0.25) is 0 Å². The lowest BCUT2D eigenvalue weighted by atomic mass is 10.1. The van der Waals surface area contributed by atoms with Crippen molar-refractivity contribution in [1.82, 2.24) is 4.90 Å². The first-order valence-electron chi connectivity index (χ1n) is 6.77. The van der Waals surface area contributed by atoms with Crippen molar-refractivity contribution in [2.45, 2.75) is 19.5 Å². The molecular weight excluding hydrogens is 250 g/mol. The van der Waals surface area contributed by atoms with Gasteiger partial charge in [-0.1, -0.05) is 48.0 Å². The van der Waals surface area contributed by atoms with Gasteiger partial charge in [-0.25, -0.2) is 0 Å². The SMILES string of the molecule is Cc1ccc2c(c1)CN(C(CO)c1ccccc1)C2=O. The minimum Gasteiger partial charge on any atom is -0.394 e. The monoisotopic (exact) mass is 267 g/mol. The maximum Gasteiger partial charge on any atom is 0.255 e. The normalized spacial score (nSPS) is 15.3. The highest BCUT2D eigenvalue weighted by atomic mass is 16.3. The summed E-state index contributed by atoms with van der Waals surface area (Å²) in [5.41, 5.74) is 3.92. The third-order valence-corrected chi connectivity index (χ3v) is 3.83. The van der Waals surface area contributed by atoms with Crippen molar-refractivity contribution >= 4 is 5.91 Å². The van der Waals surface area contributed by atoms with Crippen molar-refractivity contribution in [3.05, 3.63) is 70.8 Å². The topological polar surface area (TPSA) is 40.5 Å². The standard InChI is InChI=1S/C17H17NO2/c1-12-7-8-15-14(9-12)10-18(17(15)20)16(11-19)13-5-3-2-4-6-13/h2-9,16,19H,10-11H2,1H3. The van der Waals surface area contributed by atoms with E-state index in [1.54, 1.807) is 4.90 Å². The molecule has 3 rings (SSSR count). The molecule has 2 aromatic carbocycles. The van der Waals surface area contributed by atoms with Gasteiger partial charge in [-0.05, 0) is 24.1 Å². The molecule has 1 aliphatic rings. The van der Waals surface area contributed by atoms with Crippen LogP contribution in [-0.4, -0.2) is 22.5 Å². The van der Waals surface area contributed by atoms with Crippen molar-refractivity contribution in [2.24, 2.45) is 0 Å². The summed E-state index contributed by atoms with van der Waals surface area (Å²) in [6, 6.07) is 15.3. The Morgan fingerprint density at radius 1 is 1.20 bits per heavy atom. The van der Waals surface area contributed by atoms with Crippen LogP contribution in [0, 0.1) is 6.92 Å². The van der Waals surface area contributed by atoms with E-state index < -0.39 is 0 Å². The van der Waals surface area contributed by atoms with E-state index in [1.165, 1.54) is 0 Å². The molecule has 0 saturated heterocycles. The summed E-state index contributed by atoms with van der Waals surface area (Å²) in [6.07, 6.45) is 0. The molecular formula is C17H17NO2. The van der Waals surface area contributed by atoms with Crippen LogP contribution < -0.4 is 0 Å². The van der Waals surface area contributed by atoms with Crippen LogP contribution in [0.4, 0.5) is 0 Å². The highest BCUT2D eigenvalue weighted by Gasteiger charge is 2.32. The number of rotatable bonds is 3. The number of carbonyl (C=O) groups excluding carboxylic acids is 1. The van der Waals surface area contributed by atoms with E-state index in [1.807, 2.05) is 55.5 Å². The fourth-order valence-electron chi connectivity index (χ4n) is 2.78. The lowest BCUT2D eigenvalue weighted by molar-refractivity contribution is 0.0615. The Kier molecular flexibility index (Phi) is 3.28. The Morgan fingerprint density at radius 3 is 2.65 bits per heavy atom. The summed E-state index contributed by atoms with van der Waals surface area (Å²) < 4.78 is 0. The molecule has 1 unspecified atom stereocenters. The quantitative estimate of drug-likeness (QED) is 0.928. The zero-order valence-electron chi connectivity index (χ0n) is 11.4. The summed E-state index contributed by atoms with van der Waals surface area (Å²) in [7, 11) is 0. The van der Waals surface area contributed by atoms with Crippen molar-refractivity contribution in [3.63, 3.8) is 0 Å². The number of hydrogen-bond acceptors (Lipinski definition) is 2. The minimum atomic E-state index is -0.281. The van der Waals surface area contributed by atoms with E-state index in [2.05, 4.69) is 0 Å². The number of benzene rings is 2. The van der Waals surface area contributed by atoms with Gasteiger partial charge in [-0.3, -0.25) is 4.79 Å². The van der Waals surface area contributed by atoms with Gasteiger partial charge in [0.15, 0.2) is 0 Å². The lowest BCUT2D eigenvalue weighted by Crippen LogP contribution is -2.31. The average molecular weight is 267 g/mol. The Hall–Kier alpha value is -2.13. The maximum absolute atomic E-state index is 12.5. The molecule has 20 heavy (non-hydrogen) atoms. The summed E-state index contributed by atoms with van der Waals surface area (Å²) >= 11 is 0. The van der Waals surface area contributed by atoms with Gasteiger partial charge in [0.25, 0.3) is 5.91 Å². The maximum atomic E-state index is 12.5. The molecule has 0 saturated carbocycles. The van der Waals surface area contributed by atoms with Gasteiger partial charge in [0.1, 0.15) is 0 Å². The molecule has 0 bridgehead atoms. The van der Waals surface area contributed by atoms with Gasteiger partial charge in [-0.2, -0.15) is 0 Å². The summed E-state index contributed by atoms with van der Waals surface area (Å²) in [5.74, 6) is 0.00269. The molecule has 0 aliphatic carbocycles. The van der Waals surface area contributed by atoms with Gasteiger partial charge in [0.05, 0.1) is 12.6 Å². The predicted molar refractivity (Wildman–Crippen MR) is 77.3 cm³/mol. The van der Waals surface area contributed by atoms with Gasteiger partial charge in [0, 0.05) is 12.1 Å². The number of hydrogen-bond donors (Lipinski definition) is 1. The van der Waals surface area contributed by atoms with Crippen LogP contribution in [-0.2, 0) is 6.54 Å². The van der Waals surface area contributed by atoms with Crippen LogP contribution >= 0.6 is 0 Å². The molecule has 0 fully saturated rings. The van der Waals surface area contributed by atoms with Gasteiger partial charge in [-0.15, -0.1) is 0 Å². The minimum absolute atomic E-state index is 0.00269. The highest BCUT2D eigenvalue weighted by molar-refractivity contribution is 5.98. The number of carbonyl (C=O) groups is 1. The fourth-order valence-corrected chi connectivity index (χ4v) is 2.78. The van der Waals surface area contributed by atoms with Crippen LogP contribution in [0.1, 0.15) is 33.1 Å². The third-order valence-electron chi connectivity index (χ3n) is 3.83. The van der Waals surface area contributed by atoms with Crippen LogP contribution in [0.5, 0.6) is 0 Å². The number of aryl methyl sites for hydroxylation is 1. The van der Waals surface area contributed by atoms with Gasteiger partial charge < -0.3 is 10.0 Å². The Balaban J connectivity index is 1.94. The number of aliphatic hydroxyl groups excluding tert-OH is 1. The van der Waals surface area contributed by atoms with Gasteiger partial charge >= 0.3 is 0 Å². The first-order valence-corrected chi connectivity index (χ1v) is 6.77. The van der Waals surface area contributed by atoms with Crippen molar-refractivity contribution in [3.8, 4) is 0 Å². The number of amides is 1. The molecule has 1 aliphatic heterocycles. The second-order valence-electron chi connectivity index (χ2n) is 5.20. The van der Waals surface area contributed by atoms with E-state index in [0.717, 1.165) is 22.3 Å². The highest BCUT2D eigenvalue weighted by Crippen LogP contribution is 2.31. The Labute approximate surface area is 118 Å². The predicted octanol–water partition coefficient (Wildman–Crippen LogP) is 2.68. The average Bonchev–Trinajstić information content (AvgIpc) is 2.78. The fraction of sp³-hybridized carbons (Fsp3) is 0.235. The van der Waals surface area contributed by atoms with E-state index in [-0.39, 0.29) is 18.6 Å². The van der Waals surface area contributed by atoms with E-state index in [9.17, 15) is 9.90 Å². The number of aliphatic hydroxyl groups is 1.